The van der Waals surface area contributed by atoms with Crippen LogP contribution in [0.3, 0.4) is 0 Å². The third-order valence-corrected chi connectivity index (χ3v) is 4.28. The van der Waals surface area contributed by atoms with E-state index in [4.69, 9.17) is 5.73 Å². The molecule has 0 saturated carbocycles. The number of benzene rings is 1. The molecule has 21 heavy (non-hydrogen) atoms. The Bertz CT molecular complexity index is 614. The van der Waals surface area contributed by atoms with E-state index in [1.807, 2.05) is 24.3 Å². The highest BCUT2D eigenvalue weighted by atomic mass is 16.2. The number of para-hydroxylation sites is 1. The van der Waals surface area contributed by atoms with Crippen LogP contribution in [0.4, 0.5) is 5.69 Å². The number of nitrogens with two attached hydrogens (primary N) is 1. The summed E-state index contributed by atoms with van der Waals surface area (Å²) < 4.78 is 0. The largest absolute Gasteiger partial charge is 0.381 e. The van der Waals surface area contributed by atoms with Crippen LogP contribution in [0.15, 0.2) is 24.3 Å². The fourth-order valence-electron chi connectivity index (χ4n) is 3.20. The molecule has 1 aromatic carbocycles. The second-order valence-corrected chi connectivity index (χ2v) is 5.59. The Hall–Kier alpha value is -2.37. The summed E-state index contributed by atoms with van der Waals surface area (Å²) in [6.45, 7) is 0. The third kappa shape index (κ3) is 2.49. The van der Waals surface area contributed by atoms with Gasteiger partial charge in [0.1, 0.15) is 0 Å². The van der Waals surface area contributed by atoms with Gasteiger partial charge in [0, 0.05) is 18.2 Å². The van der Waals surface area contributed by atoms with Crippen molar-refractivity contribution in [2.75, 3.05) is 5.32 Å². The van der Waals surface area contributed by atoms with Crippen molar-refractivity contribution in [1.82, 2.24) is 5.32 Å². The van der Waals surface area contributed by atoms with Gasteiger partial charge in [0.05, 0.1) is 11.8 Å². The first-order chi connectivity index (χ1) is 10.1. The summed E-state index contributed by atoms with van der Waals surface area (Å²) in [6, 6.07) is 7.30. The molecule has 0 aliphatic carbocycles. The molecule has 2 unspecified atom stereocenters. The fraction of sp³-hybridized carbons (Fsp3) is 0.400. The van der Waals surface area contributed by atoms with E-state index in [0.717, 1.165) is 11.3 Å². The lowest BCUT2D eigenvalue weighted by molar-refractivity contribution is -0.137. The Morgan fingerprint density at radius 3 is 2.71 bits per heavy atom. The average Bonchev–Trinajstić information content (AvgIpc) is 2.46. The summed E-state index contributed by atoms with van der Waals surface area (Å²) in [5, 5.41) is 5.68. The van der Waals surface area contributed by atoms with Crippen LogP contribution < -0.4 is 16.4 Å². The second kappa shape index (κ2) is 5.20. The van der Waals surface area contributed by atoms with Crippen molar-refractivity contribution >= 4 is 23.4 Å². The van der Waals surface area contributed by atoms with Crippen LogP contribution in [0, 0.1) is 5.92 Å². The zero-order chi connectivity index (χ0) is 15.0. The Kier molecular flexibility index (Phi) is 3.37. The average molecular weight is 287 g/mol. The van der Waals surface area contributed by atoms with Crippen LogP contribution in [0.1, 0.15) is 30.7 Å². The van der Waals surface area contributed by atoms with Gasteiger partial charge in [-0.1, -0.05) is 18.2 Å². The van der Waals surface area contributed by atoms with E-state index < -0.39 is 5.92 Å². The molecule has 4 N–H and O–H groups in total. The predicted octanol–water partition coefficient (Wildman–Crippen LogP) is 0.493. The Balaban J connectivity index is 1.88. The fourth-order valence-corrected chi connectivity index (χ4v) is 3.20. The van der Waals surface area contributed by atoms with E-state index in [9.17, 15) is 14.4 Å². The zero-order valence-electron chi connectivity index (χ0n) is 11.5. The maximum Gasteiger partial charge on any atom is 0.231 e. The molecule has 1 aromatic rings. The quantitative estimate of drug-likeness (QED) is 0.689. The molecule has 0 radical (unpaired) electrons. The number of nitrogens with one attached hydrogen (secondary N) is 2. The molecule has 3 atom stereocenters. The van der Waals surface area contributed by atoms with Crippen LogP contribution in [0.5, 0.6) is 0 Å². The Morgan fingerprint density at radius 2 is 2.00 bits per heavy atom. The van der Waals surface area contributed by atoms with Crippen LogP contribution in [0.2, 0.25) is 0 Å². The third-order valence-electron chi connectivity index (χ3n) is 4.28. The van der Waals surface area contributed by atoms with Crippen molar-refractivity contribution in [3.05, 3.63) is 29.8 Å². The molecular formula is C15H17N3O3. The molecule has 1 fully saturated rings. The first kappa shape index (κ1) is 13.6. The zero-order valence-corrected chi connectivity index (χ0v) is 11.5. The highest BCUT2D eigenvalue weighted by Gasteiger charge is 2.39. The lowest BCUT2D eigenvalue weighted by Gasteiger charge is -2.37. The molecule has 3 amide bonds. The molecule has 3 rings (SSSR count). The maximum absolute atomic E-state index is 12.0. The van der Waals surface area contributed by atoms with Crippen LogP contribution in [-0.4, -0.2) is 23.8 Å². The highest BCUT2D eigenvalue weighted by molar-refractivity contribution is 5.99. The SMILES string of the molecule is NC(=O)C1CC([C@H]2CCC(=O)NC2=O)Nc2ccccc21. The van der Waals surface area contributed by atoms with Gasteiger partial charge in [0.15, 0.2) is 0 Å². The van der Waals surface area contributed by atoms with Gasteiger partial charge in [-0.3, -0.25) is 19.7 Å². The minimum atomic E-state index is -0.405. The van der Waals surface area contributed by atoms with E-state index in [1.54, 1.807) is 0 Å². The number of imide groups is 1. The summed E-state index contributed by atoms with van der Waals surface area (Å²) in [6.07, 6.45) is 1.30. The van der Waals surface area contributed by atoms with Gasteiger partial charge >= 0.3 is 0 Å². The van der Waals surface area contributed by atoms with E-state index in [1.165, 1.54) is 0 Å². The monoisotopic (exact) mass is 287 g/mol. The van der Waals surface area contributed by atoms with Gasteiger partial charge in [-0.25, -0.2) is 0 Å². The van der Waals surface area contributed by atoms with Crippen LogP contribution in [-0.2, 0) is 14.4 Å². The first-order valence-electron chi connectivity index (χ1n) is 7.04. The predicted molar refractivity (Wildman–Crippen MR) is 76.3 cm³/mol. The summed E-state index contributed by atoms with van der Waals surface area (Å²) >= 11 is 0. The van der Waals surface area contributed by atoms with Gasteiger partial charge < -0.3 is 11.1 Å². The number of amides is 3. The lowest BCUT2D eigenvalue weighted by Crippen LogP contribution is -2.49. The van der Waals surface area contributed by atoms with Crippen molar-refractivity contribution in [2.45, 2.75) is 31.2 Å². The van der Waals surface area contributed by atoms with Crippen LogP contribution >= 0.6 is 0 Å². The van der Waals surface area contributed by atoms with Crippen molar-refractivity contribution < 1.29 is 14.4 Å². The molecule has 110 valence electrons. The number of fused-ring (bicyclic) bond motifs is 1. The smallest absolute Gasteiger partial charge is 0.231 e. The summed E-state index contributed by atoms with van der Waals surface area (Å²) in [7, 11) is 0. The van der Waals surface area contributed by atoms with Crippen molar-refractivity contribution in [3.8, 4) is 0 Å². The molecule has 0 spiro atoms. The van der Waals surface area contributed by atoms with E-state index in [0.29, 0.717) is 19.3 Å². The molecule has 0 aromatic heterocycles. The molecule has 2 aliphatic heterocycles. The number of carbonyl (C=O) groups excluding carboxylic acids is 3. The van der Waals surface area contributed by atoms with Gasteiger partial charge in [-0.05, 0) is 24.5 Å². The van der Waals surface area contributed by atoms with E-state index in [-0.39, 0.29) is 29.7 Å². The number of anilines is 1. The summed E-state index contributed by atoms with van der Waals surface area (Å²) in [5.41, 5.74) is 7.21. The second-order valence-electron chi connectivity index (χ2n) is 5.59. The number of primary amides is 1. The minimum Gasteiger partial charge on any atom is -0.381 e. The van der Waals surface area contributed by atoms with Crippen LogP contribution in [0.25, 0.3) is 0 Å². The van der Waals surface area contributed by atoms with Crippen molar-refractivity contribution in [3.63, 3.8) is 0 Å². The number of hydrogen-bond donors (Lipinski definition) is 3. The first-order valence-corrected chi connectivity index (χ1v) is 7.04. The molecule has 0 bridgehead atoms. The Morgan fingerprint density at radius 1 is 1.24 bits per heavy atom. The Labute approximate surface area is 122 Å². The number of carbonyl (C=O) groups is 3. The van der Waals surface area contributed by atoms with E-state index in [2.05, 4.69) is 10.6 Å². The van der Waals surface area contributed by atoms with Crippen molar-refractivity contribution in [2.24, 2.45) is 11.7 Å². The number of rotatable bonds is 2. The van der Waals surface area contributed by atoms with Gasteiger partial charge in [-0.15, -0.1) is 0 Å². The molecule has 6 heteroatoms. The topological polar surface area (TPSA) is 101 Å². The minimum absolute atomic E-state index is 0.189. The standard InChI is InChI=1S/C15H17N3O3/c16-14(20)10-7-12(9-5-6-13(19)18-15(9)21)17-11-4-2-1-3-8(10)11/h1-4,9-10,12,17H,5-7H2,(H2,16,20)(H,18,19,21)/t9-,10?,12?/m1/s1. The normalized spacial score (nSPS) is 28.3. The summed E-state index contributed by atoms with van der Waals surface area (Å²) in [4.78, 5) is 35.0. The molecule has 2 heterocycles. The number of piperidine rings is 1. The maximum atomic E-state index is 12.0. The molecule has 2 aliphatic rings. The van der Waals surface area contributed by atoms with Gasteiger partial charge in [0.2, 0.25) is 17.7 Å². The number of hydrogen-bond acceptors (Lipinski definition) is 4. The highest BCUT2D eigenvalue weighted by Crippen LogP contribution is 2.37. The van der Waals surface area contributed by atoms with Crippen molar-refractivity contribution in [1.29, 1.82) is 0 Å². The van der Waals surface area contributed by atoms with Gasteiger partial charge in [0.25, 0.3) is 0 Å². The summed E-state index contributed by atoms with van der Waals surface area (Å²) in [5.74, 6) is -1.62. The van der Waals surface area contributed by atoms with E-state index >= 15 is 0 Å². The molecule has 1 saturated heterocycles. The molecule has 6 nitrogen and oxygen atoms in total. The lowest BCUT2D eigenvalue weighted by atomic mass is 9.79. The van der Waals surface area contributed by atoms with Gasteiger partial charge in [-0.2, -0.15) is 0 Å². The molecular weight excluding hydrogens is 270 g/mol.